The van der Waals surface area contributed by atoms with Crippen molar-refractivity contribution in [3.8, 4) is 0 Å². The summed E-state index contributed by atoms with van der Waals surface area (Å²) in [6.07, 6.45) is 2.22. The number of carbonyl (C=O) groups is 2. The van der Waals surface area contributed by atoms with Crippen molar-refractivity contribution >= 4 is 33.4 Å². The van der Waals surface area contributed by atoms with E-state index in [4.69, 9.17) is 11.6 Å². The van der Waals surface area contributed by atoms with Gasteiger partial charge in [-0.25, -0.2) is 12.8 Å². The van der Waals surface area contributed by atoms with Gasteiger partial charge >= 0.3 is 0 Å². The molecular weight excluding hydrogens is 553 g/mol. The lowest BCUT2D eigenvalue weighted by molar-refractivity contribution is -0.140. The number of carbonyl (C=O) groups excluding carboxylic acids is 2. The van der Waals surface area contributed by atoms with Crippen LogP contribution in [0.2, 0.25) is 5.02 Å². The van der Waals surface area contributed by atoms with E-state index in [-0.39, 0.29) is 42.0 Å². The molecule has 1 heterocycles. The van der Waals surface area contributed by atoms with Crippen molar-refractivity contribution in [2.45, 2.75) is 56.6 Å². The van der Waals surface area contributed by atoms with Crippen molar-refractivity contribution < 1.29 is 22.4 Å². The summed E-state index contributed by atoms with van der Waals surface area (Å²) in [5, 5.41) is 3.38. The second kappa shape index (κ2) is 13.4. The minimum absolute atomic E-state index is 0.113. The summed E-state index contributed by atoms with van der Waals surface area (Å²) in [7, 11) is -3.51. The van der Waals surface area contributed by atoms with Gasteiger partial charge in [0.2, 0.25) is 21.8 Å². The summed E-state index contributed by atoms with van der Waals surface area (Å²) in [6.45, 7) is 3.07. The van der Waals surface area contributed by atoms with Crippen LogP contribution in [0.5, 0.6) is 0 Å². The van der Waals surface area contributed by atoms with Gasteiger partial charge in [-0.3, -0.25) is 9.59 Å². The Morgan fingerprint density at radius 3 is 2.25 bits per heavy atom. The van der Waals surface area contributed by atoms with Gasteiger partial charge in [-0.05, 0) is 73.2 Å². The maximum absolute atomic E-state index is 13.5. The first-order valence-corrected chi connectivity index (χ1v) is 15.1. The summed E-state index contributed by atoms with van der Waals surface area (Å²) in [5.41, 5.74) is 2.26. The Morgan fingerprint density at radius 2 is 1.60 bits per heavy atom. The molecule has 0 unspecified atom stereocenters. The largest absolute Gasteiger partial charge is 0.350 e. The SMILES string of the molecule is C[C@H](C(=O)NCc1ccccc1Cl)N(Cc1ccc(F)cc1)C(=O)CCc1ccc(S(=O)(=O)N2CCCC2)cc1. The van der Waals surface area contributed by atoms with Crippen LogP contribution in [0.1, 0.15) is 42.9 Å². The van der Waals surface area contributed by atoms with Gasteiger partial charge in [0.1, 0.15) is 11.9 Å². The molecule has 0 spiro atoms. The minimum atomic E-state index is -3.51. The van der Waals surface area contributed by atoms with E-state index in [0.717, 1.165) is 24.0 Å². The summed E-state index contributed by atoms with van der Waals surface area (Å²) < 4.78 is 40.6. The van der Waals surface area contributed by atoms with Crippen LogP contribution in [0.25, 0.3) is 0 Å². The van der Waals surface area contributed by atoms with Crippen LogP contribution in [0.15, 0.2) is 77.7 Å². The standard InChI is InChI=1S/C30H33ClFN3O4S/c1-22(30(37)33-20-25-6-2-3-7-28(25)31)35(21-24-8-13-26(32)14-9-24)29(36)17-12-23-10-15-27(16-11-23)40(38,39)34-18-4-5-19-34/h2-3,6-11,13-16,22H,4-5,12,17-21H2,1H3,(H,33,37)/t22-/m1/s1. The number of halogens is 2. The molecule has 0 radical (unpaired) electrons. The van der Waals surface area contributed by atoms with E-state index in [1.807, 2.05) is 12.1 Å². The highest BCUT2D eigenvalue weighted by Gasteiger charge is 2.28. The zero-order valence-electron chi connectivity index (χ0n) is 22.4. The Balaban J connectivity index is 1.43. The smallest absolute Gasteiger partial charge is 0.243 e. The number of hydrogen-bond donors (Lipinski definition) is 1. The van der Waals surface area contributed by atoms with Crippen LogP contribution >= 0.6 is 11.6 Å². The van der Waals surface area contributed by atoms with Crippen LogP contribution in [0, 0.1) is 5.82 Å². The van der Waals surface area contributed by atoms with E-state index in [1.54, 1.807) is 55.5 Å². The highest BCUT2D eigenvalue weighted by atomic mass is 35.5. The number of rotatable bonds is 11. The quantitative estimate of drug-likeness (QED) is 0.346. The molecule has 1 aliphatic heterocycles. The molecule has 10 heteroatoms. The average Bonchev–Trinajstić information content (AvgIpc) is 3.51. The summed E-state index contributed by atoms with van der Waals surface area (Å²) >= 11 is 6.21. The van der Waals surface area contributed by atoms with E-state index in [1.165, 1.54) is 21.3 Å². The molecule has 1 N–H and O–H groups in total. The average molecular weight is 586 g/mol. The summed E-state index contributed by atoms with van der Waals surface area (Å²) in [6, 6.07) is 18.8. The molecule has 1 atom stereocenters. The van der Waals surface area contributed by atoms with Gasteiger partial charge in [-0.2, -0.15) is 4.31 Å². The van der Waals surface area contributed by atoms with Crippen LogP contribution in [-0.2, 0) is 39.1 Å². The van der Waals surface area contributed by atoms with Crippen molar-refractivity contribution in [2.75, 3.05) is 13.1 Å². The lowest BCUT2D eigenvalue weighted by Crippen LogP contribution is -2.47. The Hall–Kier alpha value is -3.27. The van der Waals surface area contributed by atoms with Crippen LogP contribution < -0.4 is 5.32 Å². The first-order valence-electron chi connectivity index (χ1n) is 13.3. The molecule has 3 aromatic rings. The van der Waals surface area contributed by atoms with Gasteiger partial charge < -0.3 is 10.2 Å². The molecule has 3 aromatic carbocycles. The molecule has 1 aliphatic rings. The van der Waals surface area contributed by atoms with Gasteiger partial charge in [0.05, 0.1) is 4.90 Å². The van der Waals surface area contributed by atoms with Crippen molar-refractivity contribution in [1.82, 2.24) is 14.5 Å². The third kappa shape index (κ3) is 7.47. The van der Waals surface area contributed by atoms with Crippen molar-refractivity contribution in [3.63, 3.8) is 0 Å². The highest BCUT2D eigenvalue weighted by molar-refractivity contribution is 7.89. The predicted molar refractivity (Wildman–Crippen MR) is 152 cm³/mol. The fraction of sp³-hybridized carbons (Fsp3) is 0.333. The monoisotopic (exact) mass is 585 g/mol. The Kier molecular flexibility index (Phi) is 9.95. The second-order valence-corrected chi connectivity index (χ2v) is 12.2. The third-order valence-electron chi connectivity index (χ3n) is 7.10. The van der Waals surface area contributed by atoms with Crippen LogP contribution in [0.4, 0.5) is 4.39 Å². The lowest BCUT2D eigenvalue weighted by Gasteiger charge is -2.29. The molecule has 7 nitrogen and oxygen atoms in total. The zero-order chi connectivity index (χ0) is 28.7. The fourth-order valence-electron chi connectivity index (χ4n) is 4.64. The lowest BCUT2D eigenvalue weighted by atomic mass is 10.1. The van der Waals surface area contributed by atoms with Gasteiger partial charge in [0.15, 0.2) is 0 Å². The molecule has 212 valence electrons. The molecule has 0 aromatic heterocycles. The van der Waals surface area contributed by atoms with Crippen molar-refractivity contribution in [3.05, 3.63) is 100 Å². The Bertz CT molecular complexity index is 1430. The van der Waals surface area contributed by atoms with Gasteiger partial charge in [-0.1, -0.05) is 54.1 Å². The maximum Gasteiger partial charge on any atom is 0.243 e. The summed E-state index contributed by atoms with van der Waals surface area (Å²) in [4.78, 5) is 28.2. The van der Waals surface area contributed by atoms with E-state index in [9.17, 15) is 22.4 Å². The zero-order valence-corrected chi connectivity index (χ0v) is 23.9. The molecule has 0 bridgehead atoms. The normalized spacial score (nSPS) is 14.6. The molecule has 2 amide bonds. The molecule has 1 saturated heterocycles. The van der Waals surface area contributed by atoms with Crippen LogP contribution in [-0.4, -0.2) is 48.6 Å². The third-order valence-corrected chi connectivity index (χ3v) is 9.38. The predicted octanol–water partition coefficient (Wildman–Crippen LogP) is 4.93. The number of benzene rings is 3. The number of nitrogens with zero attached hydrogens (tertiary/aromatic N) is 2. The first-order chi connectivity index (χ1) is 19.1. The van der Waals surface area contributed by atoms with Crippen LogP contribution in [0.3, 0.4) is 0 Å². The molecule has 40 heavy (non-hydrogen) atoms. The first kappa shape index (κ1) is 29.7. The van der Waals surface area contributed by atoms with E-state index in [2.05, 4.69) is 5.32 Å². The van der Waals surface area contributed by atoms with E-state index < -0.39 is 16.1 Å². The van der Waals surface area contributed by atoms with E-state index >= 15 is 0 Å². The Morgan fingerprint density at radius 1 is 0.975 bits per heavy atom. The number of hydrogen-bond acceptors (Lipinski definition) is 4. The summed E-state index contributed by atoms with van der Waals surface area (Å²) in [5.74, 6) is -0.979. The number of amides is 2. The maximum atomic E-state index is 13.5. The van der Waals surface area contributed by atoms with Crippen molar-refractivity contribution in [1.29, 1.82) is 0 Å². The minimum Gasteiger partial charge on any atom is -0.350 e. The Labute approximate surface area is 240 Å². The molecular formula is C30H33ClFN3O4S. The van der Waals surface area contributed by atoms with E-state index in [0.29, 0.717) is 30.1 Å². The number of sulfonamides is 1. The van der Waals surface area contributed by atoms with Crippen molar-refractivity contribution in [2.24, 2.45) is 0 Å². The molecule has 0 saturated carbocycles. The number of nitrogens with one attached hydrogen (secondary N) is 1. The molecule has 4 rings (SSSR count). The van der Waals surface area contributed by atoms with Gasteiger partial charge in [-0.15, -0.1) is 0 Å². The van der Waals surface area contributed by atoms with Gasteiger partial charge in [0.25, 0.3) is 0 Å². The second-order valence-electron chi connectivity index (χ2n) is 9.89. The van der Waals surface area contributed by atoms with Gasteiger partial charge in [0, 0.05) is 37.6 Å². The highest BCUT2D eigenvalue weighted by Crippen LogP contribution is 2.22. The topological polar surface area (TPSA) is 86.8 Å². The fourth-order valence-corrected chi connectivity index (χ4v) is 6.36. The number of aryl methyl sites for hydroxylation is 1. The molecule has 1 fully saturated rings. The molecule has 0 aliphatic carbocycles.